The van der Waals surface area contributed by atoms with Crippen molar-refractivity contribution in [1.82, 2.24) is 14.5 Å². The largest absolute Gasteiger partial charge is 0.360 e. The van der Waals surface area contributed by atoms with Crippen molar-refractivity contribution < 1.29 is 4.79 Å². The molecule has 6 nitrogen and oxygen atoms in total. The molecule has 0 saturated heterocycles. The third-order valence-electron chi connectivity index (χ3n) is 4.14. The number of rotatable bonds is 5. The van der Waals surface area contributed by atoms with Crippen LogP contribution in [0, 0.1) is 0 Å². The average molecular weight is 411 g/mol. The molecule has 1 amide bonds. The summed E-state index contributed by atoms with van der Waals surface area (Å²) in [7, 11) is 0. The summed E-state index contributed by atoms with van der Waals surface area (Å²) in [6.45, 7) is 0.286. The van der Waals surface area contributed by atoms with Crippen molar-refractivity contribution in [3.8, 4) is 11.4 Å². The van der Waals surface area contributed by atoms with Gasteiger partial charge < -0.3 is 9.55 Å². The van der Waals surface area contributed by atoms with Crippen molar-refractivity contribution in [1.29, 1.82) is 0 Å². The molecule has 0 spiro atoms. The molecule has 0 saturated carbocycles. The smallest absolute Gasteiger partial charge is 0.258 e. The first-order chi connectivity index (χ1) is 13.6. The summed E-state index contributed by atoms with van der Waals surface area (Å²) in [6.07, 6.45) is 3.34. The van der Waals surface area contributed by atoms with Crippen molar-refractivity contribution >= 4 is 34.0 Å². The van der Waals surface area contributed by atoms with Crippen LogP contribution in [0.5, 0.6) is 0 Å². The zero-order valence-electron chi connectivity index (χ0n) is 14.6. The fraction of sp³-hybridized carbons (Fsp3) is 0.0500. The van der Waals surface area contributed by atoms with Crippen LogP contribution in [-0.4, -0.2) is 20.4 Å². The second-order valence-corrected chi connectivity index (χ2v) is 7.32. The number of carbonyl (C=O) groups is 1. The highest BCUT2D eigenvalue weighted by molar-refractivity contribution is 7.14. The molecule has 4 rings (SSSR count). The van der Waals surface area contributed by atoms with E-state index < -0.39 is 0 Å². The van der Waals surface area contributed by atoms with Gasteiger partial charge in [-0.05, 0) is 29.8 Å². The molecule has 0 aliphatic carbocycles. The van der Waals surface area contributed by atoms with Crippen LogP contribution in [0.4, 0.5) is 5.13 Å². The lowest BCUT2D eigenvalue weighted by molar-refractivity contribution is 0.102. The Morgan fingerprint density at radius 3 is 2.82 bits per heavy atom. The number of aromatic nitrogens is 3. The molecule has 0 fully saturated rings. The van der Waals surface area contributed by atoms with Gasteiger partial charge in [-0.3, -0.25) is 14.9 Å². The molecule has 0 bridgehead atoms. The van der Waals surface area contributed by atoms with Crippen molar-refractivity contribution in [2.24, 2.45) is 0 Å². The van der Waals surface area contributed by atoms with E-state index in [1.165, 1.54) is 34.2 Å². The van der Waals surface area contributed by atoms with Gasteiger partial charge >= 0.3 is 0 Å². The fourth-order valence-electron chi connectivity index (χ4n) is 2.71. The van der Waals surface area contributed by atoms with E-state index in [-0.39, 0.29) is 18.0 Å². The highest BCUT2D eigenvalue weighted by atomic mass is 35.5. The number of hydrogen-bond acceptors (Lipinski definition) is 4. The number of amides is 1. The minimum absolute atomic E-state index is 0.209. The lowest BCUT2D eigenvalue weighted by atomic mass is 10.2. The average Bonchev–Trinajstić information content (AvgIpc) is 3.37. The van der Waals surface area contributed by atoms with Gasteiger partial charge in [-0.15, -0.1) is 11.3 Å². The van der Waals surface area contributed by atoms with Gasteiger partial charge in [-0.25, -0.2) is 4.98 Å². The van der Waals surface area contributed by atoms with Gasteiger partial charge in [0.15, 0.2) is 5.13 Å². The van der Waals surface area contributed by atoms with Gasteiger partial charge in [0, 0.05) is 28.9 Å². The SMILES string of the molecule is O=C(Nc1nc(-c2ccc[nH]2)cs1)c1ccc(=O)n(Cc2ccccc2Cl)c1. The number of anilines is 1. The number of carbonyl (C=O) groups excluding carboxylic acids is 1. The van der Waals surface area contributed by atoms with E-state index in [4.69, 9.17) is 11.6 Å². The van der Waals surface area contributed by atoms with Gasteiger partial charge in [0.2, 0.25) is 0 Å². The van der Waals surface area contributed by atoms with Gasteiger partial charge in [0.05, 0.1) is 23.5 Å². The molecule has 1 aromatic carbocycles. The van der Waals surface area contributed by atoms with Crippen molar-refractivity contribution in [2.45, 2.75) is 6.54 Å². The summed E-state index contributed by atoms with van der Waals surface area (Å²) in [4.78, 5) is 32.3. The Morgan fingerprint density at radius 1 is 1.18 bits per heavy atom. The summed E-state index contributed by atoms with van der Waals surface area (Å²) >= 11 is 7.51. The van der Waals surface area contributed by atoms with Crippen LogP contribution < -0.4 is 10.9 Å². The number of hydrogen-bond donors (Lipinski definition) is 2. The summed E-state index contributed by atoms with van der Waals surface area (Å²) < 4.78 is 1.46. The van der Waals surface area contributed by atoms with Gasteiger partial charge in [0.1, 0.15) is 0 Å². The van der Waals surface area contributed by atoms with E-state index in [0.717, 1.165) is 17.0 Å². The number of halogens is 1. The third kappa shape index (κ3) is 3.90. The first kappa shape index (κ1) is 18.2. The first-order valence-corrected chi connectivity index (χ1v) is 9.70. The Morgan fingerprint density at radius 2 is 2.04 bits per heavy atom. The molecule has 3 heterocycles. The van der Waals surface area contributed by atoms with E-state index in [9.17, 15) is 9.59 Å². The monoisotopic (exact) mass is 410 g/mol. The second kappa shape index (κ2) is 7.84. The Hall–Kier alpha value is -3.16. The van der Waals surface area contributed by atoms with Crippen LogP contribution in [0.2, 0.25) is 5.02 Å². The number of nitrogens with one attached hydrogen (secondary N) is 2. The molecule has 8 heteroatoms. The van der Waals surface area contributed by atoms with Gasteiger partial charge in [0.25, 0.3) is 11.5 Å². The zero-order valence-corrected chi connectivity index (χ0v) is 16.1. The number of aromatic amines is 1. The first-order valence-electron chi connectivity index (χ1n) is 8.45. The summed E-state index contributed by atoms with van der Waals surface area (Å²) in [5, 5.41) is 5.69. The molecule has 0 aliphatic heterocycles. The summed E-state index contributed by atoms with van der Waals surface area (Å²) in [6, 6.07) is 14.0. The number of pyridine rings is 1. The number of H-pyrrole nitrogens is 1. The lowest BCUT2D eigenvalue weighted by Crippen LogP contribution is -2.22. The summed E-state index contributed by atoms with van der Waals surface area (Å²) in [5.74, 6) is -0.333. The van der Waals surface area contributed by atoms with Gasteiger partial charge in [-0.2, -0.15) is 0 Å². The van der Waals surface area contributed by atoms with E-state index in [1.54, 1.807) is 6.07 Å². The van der Waals surface area contributed by atoms with Crippen LogP contribution >= 0.6 is 22.9 Å². The van der Waals surface area contributed by atoms with Crippen molar-refractivity contribution in [3.05, 3.63) is 92.8 Å². The Balaban J connectivity index is 1.53. The van der Waals surface area contributed by atoms with E-state index in [0.29, 0.717) is 15.7 Å². The maximum Gasteiger partial charge on any atom is 0.258 e. The van der Waals surface area contributed by atoms with Crippen molar-refractivity contribution in [2.75, 3.05) is 5.32 Å². The normalized spacial score (nSPS) is 10.8. The Labute approximate surface area is 169 Å². The standard InChI is InChI=1S/C20H15ClN4O2S/c21-15-5-2-1-4-13(15)10-25-11-14(7-8-18(25)26)19(27)24-20-23-17(12-28-20)16-6-3-9-22-16/h1-9,11-12,22H,10H2,(H,23,24,27). The summed E-state index contributed by atoms with van der Waals surface area (Å²) in [5.41, 5.74) is 2.60. The van der Waals surface area contributed by atoms with Crippen LogP contribution in [0.3, 0.4) is 0 Å². The molecule has 4 aromatic rings. The molecular weight excluding hydrogens is 396 g/mol. The quantitative estimate of drug-likeness (QED) is 0.516. The molecule has 0 radical (unpaired) electrons. The third-order valence-corrected chi connectivity index (χ3v) is 5.27. The number of nitrogens with zero attached hydrogens (tertiary/aromatic N) is 2. The highest BCUT2D eigenvalue weighted by Gasteiger charge is 2.12. The number of benzene rings is 1. The topological polar surface area (TPSA) is 79.8 Å². The predicted octanol–water partition coefficient (Wildman–Crippen LogP) is 4.25. The Bertz CT molecular complexity index is 1180. The molecule has 0 unspecified atom stereocenters. The predicted molar refractivity (Wildman–Crippen MR) is 111 cm³/mol. The Kier molecular flexibility index (Phi) is 5.10. The lowest BCUT2D eigenvalue weighted by Gasteiger charge is -2.09. The maximum atomic E-state index is 12.6. The molecule has 140 valence electrons. The molecule has 0 aliphatic rings. The molecule has 0 atom stereocenters. The van der Waals surface area contributed by atoms with Crippen LogP contribution in [0.25, 0.3) is 11.4 Å². The van der Waals surface area contributed by atoms with E-state index in [2.05, 4.69) is 15.3 Å². The van der Waals surface area contributed by atoms with Crippen molar-refractivity contribution in [3.63, 3.8) is 0 Å². The second-order valence-electron chi connectivity index (χ2n) is 6.05. The molecular formula is C20H15ClN4O2S. The van der Waals surface area contributed by atoms with E-state index >= 15 is 0 Å². The minimum atomic E-state index is -0.333. The van der Waals surface area contributed by atoms with E-state index in [1.807, 2.05) is 41.9 Å². The van der Waals surface area contributed by atoms with Crippen LogP contribution in [0.1, 0.15) is 15.9 Å². The molecule has 28 heavy (non-hydrogen) atoms. The fourth-order valence-corrected chi connectivity index (χ4v) is 3.61. The van der Waals surface area contributed by atoms with Crippen LogP contribution in [-0.2, 0) is 6.54 Å². The highest BCUT2D eigenvalue weighted by Crippen LogP contribution is 2.24. The maximum absolute atomic E-state index is 12.6. The molecule has 2 N–H and O–H groups in total. The minimum Gasteiger partial charge on any atom is -0.360 e. The zero-order chi connectivity index (χ0) is 19.5. The molecule has 3 aromatic heterocycles. The number of thiazole rings is 1. The van der Waals surface area contributed by atoms with Gasteiger partial charge in [-0.1, -0.05) is 29.8 Å². The van der Waals surface area contributed by atoms with Crippen LogP contribution in [0.15, 0.2) is 71.1 Å².